The van der Waals surface area contributed by atoms with E-state index in [-0.39, 0.29) is 0 Å². The van der Waals surface area contributed by atoms with Crippen LogP contribution in [0.3, 0.4) is 0 Å². The molecule has 13 heavy (non-hydrogen) atoms. The highest BCUT2D eigenvalue weighted by Gasteiger charge is 1.99. The molecular weight excluding hydrogens is 168 g/mol. The van der Waals surface area contributed by atoms with Crippen molar-refractivity contribution >= 4 is 5.97 Å². The van der Waals surface area contributed by atoms with Gasteiger partial charge >= 0.3 is 5.97 Å². The van der Waals surface area contributed by atoms with Crippen LogP contribution in [0.25, 0.3) is 0 Å². The summed E-state index contributed by atoms with van der Waals surface area (Å²) < 4.78 is 4.62. The molecule has 0 spiro atoms. The Morgan fingerprint density at radius 3 is 3.00 bits per heavy atom. The Hall–Kier alpha value is -1.27. The van der Waals surface area contributed by atoms with E-state index in [4.69, 9.17) is 6.42 Å². The number of terminal acetylenes is 1. The molecular formula is C10H14O3. The lowest BCUT2D eigenvalue weighted by molar-refractivity contribution is -0.137. The van der Waals surface area contributed by atoms with Crippen LogP contribution in [0.2, 0.25) is 0 Å². The summed E-state index contributed by atoms with van der Waals surface area (Å²) in [6.07, 6.45) is 7.89. The van der Waals surface area contributed by atoms with Crippen LogP contribution in [0.5, 0.6) is 0 Å². The van der Waals surface area contributed by atoms with Gasteiger partial charge < -0.3 is 9.84 Å². The molecule has 3 heteroatoms. The second-order valence-electron chi connectivity index (χ2n) is 2.42. The van der Waals surface area contributed by atoms with E-state index < -0.39 is 12.1 Å². The summed E-state index contributed by atoms with van der Waals surface area (Å²) in [6.45, 7) is 2.06. The van der Waals surface area contributed by atoms with Gasteiger partial charge in [-0.15, -0.1) is 12.3 Å². The van der Waals surface area contributed by atoms with Crippen LogP contribution in [-0.2, 0) is 9.53 Å². The predicted molar refractivity (Wildman–Crippen MR) is 49.8 cm³/mol. The molecule has 0 aromatic rings. The summed E-state index contributed by atoms with van der Waals surface area (Å²) in [5, 5.41) is 9.21. The van der Waals surface area contributed by atoms with Crippen molar-refractivity contribution in [1.82, 2.24) is 0 Å². The maximum atomic E-state index is 10.8. The summed E-state index contributed by atoms with van der Waals surface area (Å²) in [5.41, 5.74) is 0. The maximum Gasteiger partial charge on any atom is 0.330 e. The highest BCUT2D eigenvalue weighted by atomic mass is 16.5. The van der Waals surface area contributed by atoms with E-state index >= 15 is 0 Å². The Labute approximate surface area is 78.4 Å². The van der Waals surface area contributed by atoms with Crippen molar-refractivity contribution in [3.8, 4) is 12.3 Å². The Morgan fingerprint density at radius 1 is 1.77 bits per heavy atom. The fraction of sp³-hybridized carbons (Fsp3) is 0.500. The monoisotopic (exact) mass is 182 g/mol. The Kier molecular flexibility index (Phi) is 6.66. The van der Waals surface area contributed by atoms with Gasteiger partial charge in [0.1, 0.15) is 0 Å². The molecule has 0 rings (SSSR count). The zero-order chi connectivity index (χ0) is 10.1. The smallest absolute Gasteiger partial charge is 0.330 e. The largest absolute Gasteiger partial charge is 0.463 e. The quantitative estimate of drug-likeness (QED) is 0.390. The van der Waals surface area contributed by atoms with E-state index in [1.165, 1.54) is 12.2 Å². The van der Waals surface area contributed by atoms with Crippen LogP contribution in [-0.4, -0.2) is 23.8 Å². The van der Waals surface area contributed by atoms with E-state index in [0.717, 1.165) is 0 Å². The first-order chi connectivity index (χ1) is 6.20. The first-order valence-corrected chi connectivity index (χ1v) is 4.17. The molecule has 0 radical (unpaired) electrons. The third-order valence-electron chi connectivity index (χ3n) is 1.33. The standard InChI is InChI=1S/C10H14O3/c1-3-5-6-9(11)7-8-10(12)13-4-2/h1,7-9,11H,4-6H2,2H3/b8-7+. The molecule has 72 valence electrons. The fourth-order valence-electron chi connectivity index (χ4n) is 0.707. The lowest BCUT2D eigenvalue weighted by Gasteiger charge is -2.00. The Balaban J connectivity index is 3.70. The van der Waals surface area contributed by atoms with Crippen LogP contribution >= 0.6 is 0 Å². The van der Waals surface area contributed by atoms with Gasteiger partial charge in [0.05, 0.1) is 12.7 Å². The van der Waals surface area contributed by atoms with Gasteiger partial charge in [0, 0.05) is 12.5 Å². The maximum absolute atomic E-state index is 10.8. The van der Waals surface area contributed by atoms with Gasteiger partial charge in [0.25, 0.3) is 0 Å². The van der Waals surface area contributed by atoms with Crippen molar-refractivity contribution in [3.05, 3.63) is 12.2 Å². The summed E-state index contributed by atoms with van der Waals surface area (Å²) in [6, 6.07) is 0. The minimum absolute atomic E-state index is 0.337. The molecule has 0 aromatic carbocycles. The van der Waals surface area contributed by atoms with Crippen molar-refractivity contribution in [2.24, 2.45) is 0 Å². The number of aliphatic hydroxyl groups excluding tert-OH is 1. The number of hydrogen-bond acceptors (Lipinski definition) is 3. The molecule has 1 N–H and O–H groups in total. The van der Waals surface area contributed by atoms with Gasteiger partial charge in [-0.1, -0.05) is 0 Å². The van der Waals surface area contributed by atoms with Crippen molar-refractivity contribution in [1.29, 1.82) is 0 Å². The summed E-state index contributed by atoms with van der Waals surface area (Å²) in [4.78, 5) is 10.8. The molecule has 1 atom stereocenters. The van der Waals surface area contributed by atoms with E-state index in [1.807, 2.05) is 0 Å². The van der Waals surface area contributed by atoms with Crippen molar-refractivity contribution in [2.45, 2.75) is 25.9 Å². The predicted octanol–water partition coefficient (Wildman–Crippen LogP) is 0.880. The van der Waals surface area contributed by atoms with Gasteiger partial charge in [-0.2, -0.15) is 0 Å². The van der Waals surface area contributed by atoms with Crippen LogP contribution in [0.4, 0.5) is 0 Å². The van der Waals surface area contributed by atoms with Crippen LogP contribution < -0.4 is 0 Å². The topological polar surface area (TPSA) is 46.5 Å². The first kappa shape index (κ1) is 11.7. The molecule has 0 heterocycles. The lowest BCUT2D eigenvalue weighted by atomic mass is 10.2. The minimum atomic E-state index is -0.666. The molecule has 0 saturated carbocycles. The molecule has 0 fully saturated rings. The zero-order valence-electron chi connectivity index (χ0n) is 7.69. The third kappa shape index (κ3) is 7.10. The second-order valence-corrected chi connectivity index (χ2v) is 2.42. The van der Waals surface area contributed by atoms with Gasteiger partial charge in [-0.05, 0) is 19.4 Å². The normalized spacial score (nSPS) is 12.4. The molecule has 0 bridgehead atoms. The van der Waals surface area contributed by atoms with Crippen molar-refractivity contribution < 1.29 is 14.6 Å². The van der Waals surface area contributed by atoms with Crippen LogP contribution in [0, 0.1) is 12.3 Å². The van der Waals surface area contributed by atoms with Crippen molar-refractivity contribution in [3.63, 3.8) is 0 Å². The van der Waals surface area contributed by atoms with Gasteiger partial charge in [-0.25, -0.2) is 4.79 Å². The van der Waals surface area contributed by atoms with Gasteiger partial charge in [0.15, 0.2) is 0 Å². The van der Waals surface area contributed by atoms with Crippen LogP contribution in [0.1, 0.15) is 19.8 Å². The number of rotatable bonds is 5. The van der Waals surface area contributed by atoms with Gasteiger partial charge in [-0.3, -0.25) is 0 Å². The van der Waals surface area contributed by atoms with E-state index in [9.17, 15) is 9.90 Å². The summed E-state index contributed by atoms with van der Waals surface area (Å²) in [7, 11) is 0. The highest BCUT2D eigenvalue weighted by molar-refractivity contribution is 5.81. The van der Waals surface area contributed by atoms with E-state index in [2.05, 4.69) is 10.7 Å². The summed E-state index contributed by atoms with van der Waals surface area (Å²) >= 11 is 0. The number of carbonyl (C=O) groups is 1. The molecule has 0 aromatic heterocycles. The fourth-order valence-corrected chi connectivity index (χ4v) is 0.707. The Bertz CT molecular complexity index is 213. The molecule has 3 nitrogen and oxygen atoms in total. The average molecular weight is 182 g/mol. The third-order valence-corrected chi connectivity index (χ3v) is 1.33. The average Bonchev–Trinajstić information content (AvgIpc) is 2.12. The van der Waals surface area contributed by atoms with Gasteiger partial charge in [0.2, 0.25) is 0 Å². The molecule has 0 saturated heterocycles. The molecule has 1 unspecified atom stereocenters. The highest BCUT2D eigenvalue weighted by Crippen LogP contribution is 1.97. The SMILES string of the molecule is C#CCCC(O)/C=C/C(=O)OCC. The van der Waals surface area contributed by atoms with Crippen molar-refractivity contribution in [2.75, 3.05) is 6.61 Å². The lowest BCUT2D eigenvalue weighted by Crippen LogP contribution is -2.04. The second kappa shape index (κ2) is 7.38. The Morgan fingerprint density at radius 2 is 2.46 bits per heavy atom. The minimum Gasteiger partial charge on any atom is -0.463 e. The van der Waals surface area contributed by atoms with E-state index in [1.54, 1.807) is 6.92 Å². The number of aliphatic hydroxyl groups is 1. The molecule has 0 amide bonds. The molecule has 0 aliphatic carbocycles. The number of carbonyl (C=O) groups excluding carboxylic acids is 1. The number of hydrogen-bond donors (Lipinski definition) is 1. The number of ether oxygens (including phenoxy) is 1. The first-order valence-electron chi connectivity index (χ1n) is 4.17. The molecule has 0 aliphatic heterocycles. The number of esters is 1. The zero-order valence-corrected chi connectivity index (χ0v) is 7.69. The van der Waals surface area contributed by atoms with Crippen LogP contribution in [0.15, 0.2) is 12.2 Å². The van der Waals surface area contributed by atoms with E-state index in [0.29, 0.717) is 19.4 Å². The molecule has 0 aliphatic rings. The summed E-state index contributed by atoms with van der Waals surface area (Å²) in [5.74, 6) is 1.96.